The highest BCUT2D eigenvalue weighted by Gasteiger charge is 2.10. The van der Waals surface area contributed by atoms with Crippen molar-refractivity contribution in [2.75, 3.05) is 6.54 Å². The van der Waals surface area contributed by atoms with Crippen molar-refractivity contribution in [1.29, 1.82) is 0 Å². The van der Waals surface area contributed by atoms with Crippen LogP contribution in [0.1, 0.15) is 32.9 Å². The third-order valence-electron chi connectivity index (χ3n) is 2.35. The molecule has 84 valence electrons. The maximum atomic E-state index is 4.26. The van der Waals surface area contributed by atoms with Gasteiger partial charge >= 0.3 is 0 Å². The maximum absolute atomic E-state index is 4.26. The summed E-state index contributed by atoms with van der Waals surface area (Å²) in [7, 11) is 0. The lowest BCUT2D eigenvalue weighted by Crippen LogP contribution is -2.32. The summed E-state index contributed by atoms with van der Waals surface area (Å²) in [5, 5.41) is 3.50. The predicted octanol–water partition coefficient (Wildman–Crippen LogP) is 2.04. The largest absolute Gasteiger partial charge is 0.314 e. The molecule has 1 N–H and O–H groups in total. The van der Waals surface area contributed by atoms with Gasteiger partial charge in [-0.3, -0.25) is 0 Å². The first-order valence-electron chi connectivity index (χ1n) is 5.70. The predicted molar refractivity (Wildman–Crippen MR) is 62.7 cm³/mol. The highest BCUT2D eigenvalue weighted by atomic mass is 14.9. The Hall–Kier alpha value is -0.960. The molecule has 0 aliphatic heterocycles. The lowest BCUT2D eigenvalue weighted by atomic mass is 9.99. The second-order valence-electron chi connectivity index (χ2n) is 4.29. The first-order valence-corrected chi connectivity index (χ1v) is 5.70. The molecule has 15 heavy (non-hydrogen) atoms. The molecule has 1 rings (SSSR count). The molecule has 1 atom stereocenters. The van der Waals surface area contributed by atoms with E-state index < -0.39 is 0 Å². The molecule has 1 unspecified atom stereocenters. The van der Waals surface area contributed by atoms with Crippen LogP contribution in [-0.2, 0) is 6.42 Å². The molecule has 1 aromatic heterocycles. The topological polar surface area (TPSA) is 37.8 Å². The van der Waals surface area contributed by atoms with Crippen molar-refractivity contribution >= 4 is 0 Å². The van der Waals surface area contributed by atoms with E-state index in [-0.39, 0.29) is 0 Å². The van der Waals surface area contributed by atoms with Gasteiger partial charge in [0.05, 0.1) is 0 Å². The van der Waals surface area contributed by atoms with Gasteiger partial charge in [-0.25, -0.2) is 9.97 Å². The number of nitrogens with one attached hydrogen (secondary N) is 1. The van der Waals surface area contributed by atoms with Gasteiger partial charge in [0.15, 0.2) is 0 Å². The molecule has 0 saturated carbocycles. The lowest BCUT2D eigenvalue weighted by Gasteiger charge is -2.19. The Morgan fingerprint density at radius 1 is 1.40 bits per heavy atom. The van der Waals surface area contributed by atoms with Gasteiger partial charge in [-0.1, -0.05) is 20.8 Å². The molecule has 0 bridgehead atoms. The van der Waals surface area contributed by atoms with Gasteiger partial charge in [0.25, 0.3) is 0 Å². The second-order valence-corrected chi connectivity index (χ2v) is 4.29. The van der Waals surface area contributed by atoms with Crippen molar-refractivity contribution in [2.24, 2.45) is 5.92 Å². The Labute approximate surface area is 92.3 Å². The van der Waals surface area contributed by atoms with Gasteiger partial charge in [-0.05, 0) is 24.9 Å². The van der Waals surface area contributed by atoms with Crippen molar-refractivity contribution in [3.8, 4) is 0 Å². The minimum absolute atomic E-state index is 0.532. The molecule has 0 aromatic carbocycles. The standard InChI is InChI=1S/C12H21N3/c1-4-14-12(7-10(2)3)8-11-5-6-13-9-15-11/h5-6,9-10,12,14H,4,7-8H2,1-3H3. The summed E-state index contributed by atoms with van der Waals surface area (Å²) in [5.41, 5.74) is 1.12. The molecule has 0 aliphatic carbocycles. The van der Waals surface area contributed by atoms with Crippen LogP contribution in [0.3, 0.4) is 0 Å². The van der Waals surface area contributed by atoms with E-state index in [9.17, 15) is 0 Å². The van der Waals surface area contributed by atoms with Gasteiger partial charge < -0.3 is 5.32 Å². The average molecular weight is 207 g/mol. The van der Waals surface area contributed by atoms with Crippen LogP contribution in [0, 0.1) is 5.92 Å². The Kier molecular flexibility index (Phi) is 5.26. The van der Waals surface area contributed by atoms with E-state index in [1.165, 1.54) is 6.42 Å². The molecule has 0 radical (unpaired) electrons. The first kappa shape index (κ1) is 12.1. The lowest BCUT2D eigenvalue weighted by molar-refractivity contribution is 0.421. The van der Waals surface area contributed by atoms with E-state index in [0.717, 1.165) is 24.6 Å². The number of likely N-dealkylation sites (N-methyl/N-ethyl adjacent to an activating group) is 1. The molecule has 1 aromatic rings. The molecule has 0 fully saturated rings. The number of aromatic nitrogens is 2. The van der Waals surface area contributed by atoms with E-state index in [2.05, 4.69) is 36.1 Å². The average Bonchev–Trinajstić information content (AvgIpc) is 2.18. The number of hydrogen-bond acceptors (Lipinski definition) is 3. The summed E-state index contributed by atoms with van der Waals surface area (Å²) in [6.07, 6.45) is 5.61. The summed E-state index contributed by atoms with van der Waals surface area (Å²) >= 11 is 0. The van der Waals surface area contributed by atoms with E-state index in [4.69, 9.17) is 0 Å². The first-order chi connectivity index (χ1) is 7.22. The molecule has 0 amide bonds. The Morgan fingerprint density at radius 3 is 2.73 bits per heavy atom. The number of rotatable bonds is 6. The summed E-state index contributed by atoms with van der Waals surface area (Å²) in [4.78, 5) is 8.19. The van der Waals surface area contributed by atoms with Crippen molar-refractivity contribution in [3.63, 3.8) is 0 Å². The summed E-state index contributed by atoms with van der Waals surface area (Å²) in [6.45, 7) is 7.67. The normalized spacial score (nSPS) is 13.1. The zero-order chi connectivity index (χ0) is 11.1. The molecular weight excluding hydrogens is 186 g/mol. The number of hydrogen-bond donors (Lipinski definition) is 1. The summed E-state index contributed by atoms with van der Waals surface area (Å²) < 4.78 is 0. The van der Waals surface area contributed by atoms with Crippen molar-refractivity contribution < 1.29 is 0 Å². The van der Waals surface area contributed by atoms with Gasteiger partial charge in [-0.15, -0.1) is 0 Å². The minimum Gasteiger partial charge on any atom is -0.314 e. The Balaban J connectivity index is 2.50. The zero-order valence-electron chi connectivity index (χ0n) is 9.90. The van der Waals surface area contributed by atoms with Gasteiger partial charge in [0, 0.05) is 24.4 Å². The highest BCUT2D eigenvalue weighted by molar-refractivity contribution is 5.00. The Bertz CT molecular complexity index is 259. The maximum Gasteiger partial charge on any atom is 0.115 e. The fourth-order valence-electron chi connectivity index (χ4n) is 1.79. The fraction of sp³-hybridized carbons (Fsp3) is 0.667. The van der Waals surface area contributed by atoms with E-state index >= 15 is 0 Å². The smallest absolute Gasteiger partial charge is 0.115 e. The van der Waals surface area contributed by atoms with Gasteiger partial charge in [0.1, 0.15) is 6.33 Å². The van der Waals surface area contributed by atoms with Crippen LogP contribution in [0.15, 0.2) is 18.6 Å². The van der Waals surface area contributed by atoms with Crippen LogP contribution >= 0.6 is 0 Å². The van der Waals surface area contributed by atoms with Crippen LogP contribution < -0.4 is 5.32 Å². The third kappa shape index (κ3) is 4.88. The monoisotopic (exact) mass is 207 g/mol. The van der Waals surface area contributed by atoms with E-state index in [0.29, 0.717) is 6.04 Å². The van der Waals surface area contributed by atoms with Crippen LogP contribution in [0.25, 0.3) is 0 Å². The summed E-state index contributed by atoms with van der Waals surface area (Å²) in [5.74, 6) is 0.718. The van der Waals surface area contributed by atoms with Crippen LogP contribution in [0.2, 0.25) is 0 Å². The van der Waals surface area contributed by atoms with Gasteiger partial charge in [-0.2, -0.15) is 0 Å². The van der Waals surface area contributed by atoms with E-state index in [1.54, 1.807) is 12.5 Å². The van der Waals surface area contributed by atoms with Gasteiger partial charge in [0.2, 0.25) is 0 Å². The molecule has 0 aliphatic rings. The van der Waals surface area contributed by atoms with Crippen LogP contribution in [0.4, 0.5) is 0 Å². The molecule has 3 nitrogen and oxygen atoms in total. The van der Waals surface area contributed by atoms with E-state index in [1.807, 2.05) is 6.07 Å². The number of nitrogens with zero attached hydrogens (tertiary/aromatic N) is 2. The minimum atomic E-state index is 0.532. The van der Waals surface area contributed by atoms with Crippen LogP contribution in [-0.4, -0.2) is 22.6 Å². The van der Waals surface area contributed by atoms with Crippen molar-refractivity contribution in [1.82, 2.24) is 15.3 Å². The second kappa shape index (κ2) is 6.51. The highest BCUT2D eigenvalue weighted by Crippen LogP contribution is 2.09. The Morgan fingerprint density at radius 2 is 2.20 bits per heavy atom. The van der Waals surface area contributed by atoms with Crippen molar-refractivity contribution in [2.45, 2.75) is 39.7 Å². The summed E-state index contributed by atoms with van der Waals surface area (Å²) in [6, 6.07) is 2.52. The van der Waals surface area contributed by atoms with Crippen molar-refractivity contribution in [3.05, 3.63) is 24.3 Å². The molecule has 0 saturated heterocycles. The molecule has 3 heteroatoms. The van der Waals surface area contributed by atoms with Crippen LogP contribution in [0.5, 0.6) is 0 Å². The third-order valence-corrected chi connectivity index (χ3v) is 2.35. The SMILES string of the molecule is CCNC(Cc1ccncn1)CC(C)C. The quantitative estimate of drug-likeness (QED) is 0.775. The molecule has 0 spiro atoms. The molecular formula is C12H21N3. The molecule has 1 heterocycles. The fourth-order valence-corrected chi connectivity index (χ4v) is 1.79. The zero-order valence-corrected chi connectivity index (χ0v) is 9.90.